The first-order valence-electron chi connectivity index (χ1n) is 22.0. The number of nitrogens with zero attached hydrogens (tertiary/aromatic N) is 1. The molecule has 31 heavy (non-hydrogen) atoms. The maximum absolute atomic E-state index is 12.7. The Morgan fingerprint density at radius 1 is 1.00 bits per heavy atom. The van der Waals surface area contributed by atoms with Crippen LogP contribution < -0.4 is 4.89 Å². The molecule has 0 heterocycles. The Balaban J connectivity index is 6.79. The van der Waals surface area contributed by atoms with Crippen molar-refractivity contribution < 1.29 is 74.6 Å². The van der Waals surface area contributed by atoms with Crippen LogP contribution in [0.15, 0.2) is 0 Å². The van der Waals surface area contributed by atoms with Crippen molar-refractivity contribution in [2.75, 3.05) is 47.5 Å². The van der Waals surface area contributed by atoms with Crippen LogP contribution in [-0.4, -0.2) is 69.2 Å². The van der Waals surface area contributed by atoms with Crippen molar-refractivity contribution in [2.24, 2.45) is 0 Å². The second-order valence-electron chi connectivity index (χ2n) is 6.34. The Morgan fingerprint density at radius 3 is 2.10 bits per heavy atom. The van der Waals surface area contributed by atoms with E-state index in [1.165, 1.54) is 0 Å². The zero-order chi connectivity index (χ0) is 47.6. The largest absolute Gasteiger partial charge is 0.756 e. The molecule has 0 saturated carbocycles. The maximum Gasteiger partial charge on any atom is 0.305 e. The average molecular weight is 495 g/mol. The van der Waals surface area contributed by atoms with Gasteiger partial charge in [0.1, 0.15) is 25.9 Å². The summed E-state index contributed by atoms with van der Waals surface area (Å²) in [6.45, 7) is -6.88. The molecule has 0 aliphatic carbocycles. The Kier molecular flexibility index (Phi) is 4.82. The molecule has 0 saturated heterocycles. The van der Waals surface area contributed by atoms with Gasteiger partial charge < -0.3 is 28.3 Å². The summed E-state index contributed by atoms with van der Waals surface area (Å²) in [5.41, 5.74) is 0. The van der Waals surface area contributed by atoms with E-state index in [4.69, 9.17) is 37.0 Å². The number of phosphoric acid groups is 1. The van der Waals surface area contributed by atoms with Crippen molar-refractivity contribution >= 4 is 13.8 Å². The molecule has 0 aromatic rings. The summed E-state index contributed by atoms with van der Waals surface area (Å²) in [5, 5.41) is 10.00. The third-order valence-corrected chi connectivity index (χ3v) is 3.60. The molecule has 0 aromatic heterocycles. The molecule has 0 aromatic carbocycles. The predicted octanol–water partition coefficient (Wildman–Crippen LogP) is 3.80. The van der Waals surface area contributed by atoms with Gasteiger partial charge in [0.05, 0.1) is 27.7 Å². The minimum absolute atomic E-state index is 0.180. The number of aliphatic hydroxyl groups is 1. The molecule has 0 radical (unpaired) electrons. The van der Waals surface area contributed by atoms with E-state index in [-0.39, 0.29) is 17.6 Å². The number of phosphoric ester groups is 1. The summed E-state index contributed by atoms with van der Waals surface area (Å²) in [6.07, 6.45) is -60.3. The van der Waals surface area contributed by atoms with Crippen LogP contribution in [0, 0.1) is 0 Å². The van der Waals surface area contributed by atoms with Crippen LogP contribution in [0.3, 0.4) is 0 Å². The highest BCUT2D eigenvalue weighted by Gasteiger charge is 2.16. The van der Waals surface area contributed by atoms with Gasteiger partial charge in [0.25, 0.3) is 7.82 Å². The molecule has 2 atom stereocenters. The molecule has 8 nitrogen and oxygen atoms in total. The first kappa shape index (κ1) is 8.31. The summed E-state index contributed by atoms with van der Waals surface area (Å²) in [6, 6.07) is 0. The summed E-state index contributed by atoms with van der Waals surface area (Å²) in [7, 11) is 0.0354. The lowest BCUT2D eigenvalue weighted by Gasteiger charge is -2.27. The zero-order valence-corrected chi connectivity index (χ0v) is 18.1. The molecule has 1 unspecified atom stereocenters. The van der Waals surface area contributed by atoms with E-state index in [1.54, 1.807) is 21.1 Å². The van der Waals surface area contributed by atoms with Crippen LogP contribution in [0.2, 0.25) is 0 Å². The van der Waals surface area contributed by atoms with Gasteiger partial charge in [-0.3, -0.25) is 9.36 Å². The first-order valence-corrected chi connectivity index (χ1v) is 9.95. The van der Waals surface area contributed by atoms with E-state index < -0.39 is 116 Å². The molecular weight excluding hydrogens is 421 g/mol. The van der Waals surface area contributed by atoms with Gasteiger partial charge in [-0.25, -0.2) is 0 Å². The number of ether oxygens (including phenoxy) is 1. The van der Waals surface area contributed by atoms with Crippen LogP contribution in [-0.2, 0) is 23.1 Å². The van der Waals surface area contributed by atoms with Crippen molar-refractivity contribution in [3.63, 3.8) is 0 Å². The van der Waals surface area contributed by atoms with E-state index in [9.17, 15) is 19.4 Å². The summed E-state index contributed by atoms with van der Waals surface area (Å²) in [5.74, 6) is -2.46. The highest BCUT2D eigenvalue weighted by molar-refractivity contribution is 7.45. The van der Waals surface area contributed by atoms with Gasteiger partial charge in [-0.15, -0.1) is 0 Å². The third-order valence-electron chi connectivity index (χ3n) is 2.63. The van der Waals surface area contributed by atoms with Crippen molar-refractivity contribution in [2.45, 2.75) is 89.4 Å². The van der Waals surface area contributed by atoms with Gasteiger partial charge in [0, 0.05) is 43.4 Å². The Bertz CT molecular complexity index is 1510. The van der Waals surface area contributed by atoms with Gasteiger partial charge in [0.15, 0.2) is 0 Å². The van der Waals surface area contributed by atoms with E-state index in [1.807, 2.05) is 0 Å². The highest BCUT2D eigenvalue weighted by atomic mass is 31.2. The molecule has 9 heteroatoms. The van der Waals surface area contributed by atoms with Gasteiger partial charge in [-0.05, 0) is 6.37 Å². The fourth-order valence-corrected chi connectivity index (χ4v) is 2.00. The second kappa shape index (κ2) is 18.0. The van der Waals surface area contributed by atoms with E-state index in [0.717, 1.165) is 0 Å². The summed E-state index contributed by atoms with van der Waals surface area (Å²) < 4.78 is 241. The van der Waals surface area contributed by atoms with Crippen molar-refractivity contribution in [1.82, 2.24) is 0 Å². The molecule has 0 spiro atoms. The fraction of sp³-hybridized carbons (Fsp3) is 0.955. The number of aliphatic hydroxyl groups excluding tert-OH is 1. The van der Waals surface area contributed by atoms with Crippen LogP contribution in [0.5, 0.6) is 0 Å². The van der Waals surface area contributed by atoms with Crippen molar-refractivity contribution in [3.8, 4) is 0 Å². The predicted molar refractivity (Wildman–Crippen MR) is 120 cm³/mol. The Morgan fingerprint density at radius 2 is 1.55 bits per heavy atom. The maximum atomic E-state index is 12.7. The topological polar surface area (TPSA) is 105 Å². The van der Waals surface area contributed by atoms with Crippen LogP contribution in [0.25, 0.3) is 0 Å². The average Bonchev–Trinajstić information content (AvgIpc) is 3.00. The monoisotopic (exact) mass is 494 g/mol. The minimum Gasteiger partial charge on any atom is -0.756 e. The zero-order valence-electron chi connectivity index (χ0n) is 44.2. The number of quaternary nitrogens is 1. The number of likely N-dealkylation sites (N-methyl/N-ethyl adjacent to an activating group) is 1. The quantitative estimate of drug-likeness (QED) is 0.147. The molecule has 0 aliphatic rings. The molecule has 186 valence electrons. The first-order chi connectivity index (χ1) is 24.7. The van der Waals surface area contributed by atoms with Crippen LogP contribution in [0.4, 0.5) is 0 Å². The lowest BCUT2D eigenvalue weighted by atomic mass is 10.1. The third kappa shape index (κ3) is 22.5. The van der Waals surface area contributed by atoms with Crippen LogP contribution in [0.1, 0.15) is 120 Å². The minimum atomic E-state index is -5.08. The van der Waals surface area contributed by atoms with E-state index >= 15 is 0 Å². The fourth-order valence-electron chi connectivity index (χ4n) is 1.26. The molecule has 0 amide bonds. The van der Waals surface area contributed by atoms with Gasteiger partial charge in [-0.2, -0.15) is 0 Å². The molecule has 0 bridgehead atoms. The van der Waals surface area contributed by atoms with Gasteiger partial charge in [-0.1, -0.05) is 70.6 Å². The number of hydrogen-bond acceptors (Lipinski definition) is 7. The van der Waals surface area contributed by atoms with Crippen LogP contribution >= 0.6 is 7.82 Å². The number of esters is 1. The number of carbonyl (C=O) groups excluding carboxylic acids is 1. The molecule has 1 N–H and O–H groups in total. The van der Waals surface area contributed by atoms with E-state index in [2.05, 4.69) is 13.8 Å². The SMILES string of the molecule is [2H]C([2H])([2H])C([2H])([2H])C([2H])([2H])C([2H])([2H])C([2H])([2H])C([2H])([2H])C([2H])([2H])C([2H])([2H])C([2H])([2H])C([2H])([2H])C([2H])([2H])C([2H])([2H])C([2H])([2H])C(=O)OC[C@@H](O)COP(=O)([O-])OCC[N+](C)(C)C. The number of rotatable bonds is 21. The normalized spacial score (nSPS) is 33.8. The van der Waals surface area contributed by atoms with Crippen molar-refractivity contribution in [3.05, 3.63) is 0 Å². The Hall–Kier alpha value is -0.500. The Labute approximate surface area is 227 Å². The second-order valence-corrected chi connectivity index (χ2v) is 7.75. The van der Waals surface area contributed by atoms with Gasteiger partial charge >= 0.3 is 5.97 Å². The van der Waals surface area contributed by atoms with Crippen molar-refractivity contribution in [1.29, 1.82) is 0 Å². The lowest BCUT2D eigenvalue weighted by Crippen LogP contribution is -2.37. The molecular formula is C22H46NO7P. The highest BCUT2D eigenvalue weighted by Crippen LogP contribution is 2.38. The number of hydrogen-bond donors (Lipinski definition) is 1. The van der Waals surface area contributed by atoms with E-state index in [0.29, 0.717) is 0 Å². The smallest absolute Gasteiger partial charge is 0.305 e. The summed E-state index contributed by atoms with van der Waals surface area (Å²) in [4.78, 5) is 24.6. The van der Waals surface area contributed by atoms with Gasteiger partial charge in [0.2, 0.25) is 0 Å². The number of carbonyl (C=O) groups is 1. The molecule has 0 fully saturated rings. The summed E-state index contributed by atoms with van der Waals surface area (Å²) >= 11 is 0. The molecule has 0 aliphatic heterocycles. The standard InChI is InChI=1S/C22H46NO7P/c1-5-6-7-8-9-10-11-12-13-14-15-16-22(25)28-19-21(24)20-30-31(26,27)29-18-17-23(2,3)4/h21,24H,5-20H2,1-4H3/t21-/m1/s1/i1D3,5D2,6D2,7D2,8D2,9D2,10D2,11D2,12D2,13D2,14D2,15D2,16D2. The molecule has 0 rings (SSSR count). The lowest BCUT2D eigenvalue weighted by molar-refractivity contribution is -0.870.